The number of aliphatic imine (C=N–C) groups is 1. The van der Waals surface area contributed by atoms with E-state index in [1.165, 1.54) is 0 Å². The van der Waals surface area contributed by atoms with Crippen LogP contribution < -0.4 is 10.2 Å². The highest BCUT2D eigenvalue weighted by molar-refractivity contribution is 14.0. The summed E-state index contributed by atoms with van der Waals surface area (Å²) in [6.07, 6.45) is 5.49. The molecule has 0 atom stereocenters. The Bertz CT molecular complexity index is 803. The zero-order chi connectivity index (χ0) is 19.2. The summed E-state index contributed by atoms with van der Waals surface area (Å²) < 4.78 is 1.71. The lowest BCUT2D eigenvalue weighted by atomic mass is 10.3. The second kappa shape index (κ2) is 10.7. The molecule has 1 aliphatic rings. The second-order valence-corrected chi connectivity index (χ2v) is 7.50. The van der Waals surface area contributed by atoms with Crippen molar-refractivity contribution in [3.05, 3.63) is 28.5 Å². The molecular formula is C18H28IN7OS. The summed E-state index contributed by atoms with van der Waals surface area (Å²) >= 11 is 1.70. The highest BCUT2D eigenvalue weighted by atomic mass is 127. The molecule has 0 aliphatic carbocycles. The molecule has 0 aromatic carbocycles. The maximum absolute atomic E-state index is 12.6. The van der Waals surface area contributed by atoms with Crippen molar-refractivity contribution in [3.8, 4) is 0 Å². The van der Waals surface area contributed by atoms with E-state index in [0.717, 1.165) is 54.8 Å². The van der Waals surface area contributed by atoms with Gasteiger partial charge in [0.2, 0.25) is 5.91 Å². The van der Waals surface area contributed by atoms with Crippen LogP contribution >= 0.6 is 35.3 Å². The third kappa shape index (κ3) is 5.90. The van der Waals surface area contributed by atoms with E-state index in [-0.39, 0.29) is 29.9 Å². The standard InChI is InChI=1S/C18H27N7OS.HI/c1-4-19-18(20-7-5-6-16-22-14(2)13-27-16)24-8-9-25(17(26)12-24)15-10-21-23(3)11-15;/h10-11,13H,4-9,12H2,1-3H3,(H,19,20);1H. The van der Waals surface area contributed by atoms with Crippen LogP contribution in [0.2, 0.25) is 0 Å². The number of carbonyl (C=O) groups excluding carboxylic acids is 1. The molecule has 3 rings (SSSR count). The van der Waals surface area contributed by atoms with Gasteiger partial charge in [0.1, 0.15) is 6.54 Å². The van der Waals surface area contributed by atoms with Gasteiger partial charge < -0.3 is 15.1 Å². The first-order valence-electron chi connectivity index (χ1n) is 9.30. The molecule has 10 heteroatoms. The van der Waals surface area contributed by atoms with Crippen LogP contribution in [0, 0.1) is 6.92 Å². The Kier molecular flexibility index (Phi) is 8.67. The van der Waals surface area contributed by atoms with E-state index in [1.807, 2.05) is 32.0 Å². The minimum atomic E-state index is 0. The average molecular weight is 517 g/mol. The smallest absolute Gasteiger partial charge is 0.246 e. The predicted octanol–water partition coefficient (Wildman–Crippen LogP) is 2.05. The Morgan fingerprint density at radius 2 is 2.21 bits per heavy atom. The molecule has 8 nitrogen and oxygen atoms in total. The Morgan fingerprint density at radius 3 is 2.82 bits per heavy atom. The van der Waals surface area contributed by atoms with Crippen LogP contribution in [0.5, 0.6) is 0 Å². The highest BCUT2D eigenvalue weighted by Crippen LogP contribution is 2.16. The monoisotopic (exact) mass is 517 g/mol. The van der Waals surface area contributed by atoms with Crippen molar-refractivity contribution in [1.82, 2.24) is 25.0 Å². The van der Waals surface area contributed by atoms with Gasteiger partial charge in [0.15, 0.2) is 5.96 Å². The van der Waals surface area contributed by atoms with Crippen molar-refractivity contribution in [2.75, 3.05) is 37.6 Å². The quantitative estimate of drug-likeness (QED) is 0.275. The first kappa shape index (κ1) is 22.6. The summed E-state index contributed by atoms with van der Waals surface area (Å²) in [4.78, 5) is 25.6. The number of amides is 1. The molecule has 2 aromatic heterocycles. The van der Waals surface area contributed by atoms with Gasteiger partial charge in [0, 0.05) is 56.9 Å². The van der Waals surface area contributed by atoms with Crippen molar-refractivity contribution < 1.29 is 4.79 Å². The van der Waals surface area contributed by atoms with Gasteiger partial charge in [-0.25, -0.2) is 4.98 Å². The Morgan fingerprint density at radius 1 is 1.39 bits per heavy atom. The van der Waals surface area contributed by atoms with Crippen LogP contribution in [0.25, 0.3) is 0 Å². The third-order valence-electron chi connectivity index (χ3n) is 4.33. The number of halogens is 1. The average Bonchev–Trinajstić information content (AvgIpc) is 3.26. The minimum Gasteiger partial charge on any atom is -0.357 e. The summed E-state index contributed by atoms with van der Waals surface area (Å²) in [6, 6.07) is 0. The summed E-state index contributed by atoms with van der Waals surface area (Å²) in [5.41, 5.74) is 1.93. The SMILES string of the molecule is CCNC(=NCCCc1nc(C)cs1)N1CCN(c2cnn(C)c2)C(=O)C1.I. The van der Waals surface area contributed by atoms with E-state index < -0.39 is 0 Å². The number of aromatic nitrogens is 3. The molecule has 3 heterocycles. The number of nitrogens with one attached hydrogen (secondary N) is 1. The maximum atomic E-state index is 12.6. The summed E-state index contributed by atoms with van der Waals surface area (Å²) in [5.74, 6) is 0.880. The lowest BCUT2D eigenvalue weighted by Crippen LogP contribution is -2.55. The van der Waals surface area contributed by atoms with Gasteiger partial charge in [-0.05, 0) is 20.3 Å². The van der Waals surface area contributed by atoms with Crippen molar-refractivity contribution in [3.63, 3.8) is 0 Å². The van der Waals surface area contributed by atoms with Gasteiger partial charge in [0.25, 0.3) is 0 Å². The number of thiazole rings is 1. The number of aryl methyl sites for hydroxylation is 3. The summed E-state index contributed by atoms with van der Waals surface area (Å²) in [7, 11) is 1.85. The molecule has 0 radical (unpaired) electrons. The number of anilines is 1. The summed E-state index contributed by atoms with van der Waals surface area (Å²) in [6.45, 7) is 7.27. The molecule has 1 aliphatic heterocycles. The van der Waals surface area contributed by atoms with E-state index in [1.54, 1.807) is 27.1 Å². The Labute approximate surface area is 187 Å². The topological polar surface area (TPSA) is 78.7 Å². The largest absolute Gasteiger partial charge is 0.357 e. The van der Waals surface area contributed by atoms with Crippen molar-refractivity contribution in [2.24, 2.45) is 12.0 Å². The zero-order valence-corrected chi connectivity index (χ0v) is 19.7. The number of guanidine groups is 1. The fourth-order valence-corrected chi connectivity index (χ4v) is 3.85. The minimum absolute atomic E-state index is 0. The third-order valence-corrected chi connectivity index (χ3v) is 5.36. The number of hydrogen-bond acceptors (Lipinski definition) is 5. The van der Waals surface area contributed by atoms with Crippen LogP contribution in [0.1, 0.15) is 24.0 Å². The molecule has 1 saturated heterocycles. The van der Waals surface area contributed by atoms with Crippen molar-refractivity contribution >= 4 is 52.9 Å². The molecule has 1 amide bonds. The fraction of sp³-hybridized carbons (Fsp3) is 0.556. The number of carbonyl (C=O) groups is 1. The van der Waals surface area contributed by atoms with Crippen LogP contribution in [0.3, 0.4) is 0 Å². The molecule has 0 spiro atoms. The zero-order valence-electron chi connectivity index (χ0n) is 16.6. The molecule has 28 heavy (non-hydrogen) atoms. The molecule has 0 unspecified atom stereocenters. The lowest BCUT2D eigenvalue weighted by molar-refractivity contribution is -0.120. The summed E-state index contributed by atoms with van der Waals surface area (Å²) in [5, 5.41) is 10.7. The second-order valence-electron chi connectivity index (χ2n) is 6.56. The van der Waals surface area contributed by atoms with Gasteiger partial charge in [-0.2, -0.15) is 5.10 Å². The van der Waals surface area contributed by atoms with Crippen LogP contribution in [0.4, 0.5) is 5.69 Å². The van der Waals surface area contributed by atoms with Gasteiger partial charge in [-0.15, -0.1) is 35.3 Å². The molecule has 154 valence electrons. The molecule has 1 fully saturated rings. The Hall–Kier alpha value is -1.69. The number of piperazine rings is 1. The lowest BCUT2D eigenvalue weighted by Gasteiger charge is -2.35. The van der Waals surface area contributed by atoms with Gasteiger partial charge in [-0.1, -0.05) is 0 Å². The van der Waals surface area contributed by atoms with Gasteiger partial charge >= 0.3 is 0 Å². The van der Waals surface area contributed by atoms with E-state index in [9.17, 15) is 4.79 Å². The van der Waals surface area contributed by atoms with E-state index in [2.05, 4.69) is 20.8 Å². The van der Waals surface area contributed by atoms with Gasteiger partial charge in [0.05, 0.1) is 16.9 Å². The van der Waals surface area contributed by atoms with Crippen molar-refractivity contribution in [1.29, 1.82) is 0 Å². The molecular weight excluding hydrogens is 489 g/mol. The molecule has 2 aromatic rings. The van der Waals surface area contributed by atoms with Crippen LogP contribution in [-0.4, -0.2) is 64.3 Å². The van der Waals surface area contributed by atoms with Gasteiger partial charge in [-0.3, -0.25) is 14.5 Å². The first-order valence-corrected chi connectivity index (χ1v) is 10.2. The number of nitrogens with zero attached hydrogens (tertiary/aromatic N) is 6. The van der Waals surface area contributed by atoms with Crippen LogP contribution in [-0.2, 0) is 18.3 Å². The number of rotatable bonds is 6. The number of hydrogen-bond donors (Lipinski definition) is 1. The fourth-order valence-electron chi connectivity index (χ4n) is 3.03. The van der Waals surface area contributed by atoms with E-state index in [0.29, 0.717) is 13.1 Å². The first-order chi connectivity index (χ1) is 13.1. The van der Waals surface area contributed by atoms with Crippen molar-refractivity contribution in [2.45, 2.75) is 26.7 Å². The molecule has 1 N–H and O–H groups in total. The predicted molar refractivity (Wildman–Crippen MR) is 124 cm³/mol. The molecule has 0 bridgehead atoms. The van der Waals surface area contributed by atoms with Crippen LogP contribution in [0.15, 0.2) is 22.8 Å². The van der Waals surface area contributed by atoms with E-state index >= 15 is 0 Å². The normalized spacial score (nSPS) is 15.0. The Balaban J connectivity index is 0.00000280. The van der Waals surface area contributed by atoms with E-state index in [4.69, 9.17) is 4.99 Å². The molecule has 0 saturated carbocycles. The highest BCUT2D eigenvalue weighted by Gasteiger charge is 2.27. The maximum Gasteiger partial charge on any atom is 0.246 e.